The molecule has 14 heteroatoms. The van der Waals surface area contributed by atoms with E-state index in [0.717, 1.165) is 109 Å². The van der Waals surface area contributed by atoms with Gasteiger partial charge in [0.15, 0.2) is 12.6 Å². The van der Waals surface area contributed by atoms with Gasteiger partial charge in [0.25, 0.3) is 0 Å². The highest BCUT2D eigenvalue weighted by Crippen LogP contribution is 2.26. The molecule has 0 aliphatic carbocycles. The highest BCUT2D eigenvalue weighted by atomic mass is 16.7. The van der Waals surface area contributed by atoms with Crippen LogP contribution < -0.4 is 0 Å². The van der Waals surface area contributed by atoms with Crippen LogP contribution in [0, 0.1) is 0 Å². The van der Waals surface area contributed by atoms with Crippen LogP contribution in [-0.4, -0.2) is 142 Å². The minimum atomic E-state index is -1.72. The molecule has 0 spiro atoms. The van der Waals surface area contributed by atoms with Gasteiger partial charge in [-0.25, -0.2) is 0 Å². The molecule has 0 aromatic heterocycles. The summed E-state index contributed by atoms with van der Waals surface area (Å²) in [4.78, 5) is 13.0. The summed E-state index contributed by atoms with van der Waals surface area (Å²) >= 11 is 0. The van der Waals surface area contributed by atoms with E-state index in [1.54, 1.807) is 0 Å². The van der Waals surface area contributed by atoms with E-state index in [-0.39, 0.29) is 19.6 Å². The van der Waals surface area contributed by atoms with E-state index in [1.807, 2.05) is 0 Å². The van der Waals surface area contributed by atoms with E-state index >= 15 is 0 Å². The van der Waals surface area contributed by atoms with Crippen molar-refractivity contribution in [3.63, 3.8) is 0 Å². The van der Waals surface area contributed by atoms with Gasteiger partial charge in [0.1, 0.15) is 54.9 Å². The second kappa shape index (κ2) is 44.9. The molecule has 416 valence electrons. The molecule has 73 heavy (non-hydrogen) atoms. The number of carbonyl (C=O) groups is 1. The van der Waals surface area contributed by atoms with Gasteiger partial charge in [0.05, 0.1) is 26.4 Å². The lowest BCUT2D eigenvalue weighted by atomic mass is 9.98. The maximum atomic E-state index is 13.0. The molecular weight excluding hydrogens is 933 g/mol. The molecule has 0 bridgehead atoms. The minimum absolute atomic E-state index is 0.0326. The molecular formula is C59H96O14. The number of rotatable bonds is 42. The third-order valence-electron chi connectivity index (χ3n) is 12.2. The van der Waals surface area contributed by atoms with Crippen LogP contribution in [0.3, 0.4) is 0 Å². The van der Waals surface area contributed by atoms with Crippen LogP contribution in [0.1, 0.15) is 155 Å². The molecule has 11 unspecified atom stereocenters. The Kier molecular flexibility index (Phi) is 40.4. The molecule has 2 aliphatic heterocycles. The lowest BCUT2D eigenvalue weighted by Gasteiger charge is -2.42. The molecule has 11 atom stereocenters. The van der Waals surface area contributed by atoms with E-state index in [2.05, 4.69) is 123 Å². The Morgan fingerprint density at radius 1 is 0.466 bits per heavy atom. The normalized spacial score (nSPS) is 25.8. The van der Waals surface area contributed by atoms with Gasteiger partial charge in [0, 0.05) is 13.0 Å². The highest BCUT2D eigenvalue weighted by molar-refractivity contribution is 5.69. The third kappa shape index (κ3) is 32.0. The van der Waals surface area contributed by atoms with Crippen LogP contribution in [0.4, 0.5) is 0 Å². The number of aliphatic hydroxyl groups is 7. The molecule has 2 aliphatic rings. The Bertz CT molecular complexity index is 1620. The van der Waals surface area contributed by atoms with Crippen LogP contribution >= 0.6 is 0 Å². The van der Waals surface area contributed by atoms with Gasteiger partial charge < -0.3 is 64.2 Å². The first-order valence-electron chi connectivity index (χ1n) is 27.5. The summed E-state index contributed by atoms with van der Waals surface area (Å²) in [6, 6.07) is 0. The van der Waals surface area contributed by atoms with Crippen LogP contribution in [0.15, 0.2) is 109 Å². The number of carbonyl (C=O) groups excluding carboxylic acids is 1. The number of ether oxygens (including phenoxy) is 6. The van der Waals surface area contributed by atoms with Gasteiger partial charge in [-0.15, -0.1) is 0 Å². The molecule has 0 aromatic carbocycles. The van der Waals surface area contributed by atoms with E-state index in [0.29, 0.717) is 13.0 Å². The zero-order chi connectivity index (χ0) is 53.0. The van der Waals surface area contributed by atoms with Crippen LogP contribution in [0.2, 0.25) is 0 Å². The van der Waals surface area contributed by atoms with Crippen molar-refractivity contribution in [2.45, 2.75) is 223 Å². The number of aliphatic hydroxyl groups excluding tert-OH is 7. The fraction of sp³-hybridized carbons (Fsp3) is 0.678. The quantitative estimate of drug-likeness (QED) is 0.0173. The van der Waals surface area contributed by atoms with Gasteiger partial charge in [-0.05, 0) is 96.3 Å². The van der Waals surface area contributed by atoms with E-state index in [9.17, 15) is 40.5 Å². The number of esters is 1. The number of unbranched alkanes of at least 4 members (excludes halogenated alkanes) is 10. The lowest BCUT2D eigenvalue weighted by molar-refractivity contribution is -0.332. The molecule has 0 aromatic rings. The van der Waals surface area contributed by atoms with Gasteiger partial charge in [0.2, 0.25) is 0 Å². The van der Waals surface area contributed by atoms with Crippen molar-refractivity contribution in [1.29, 1.82) is 0 Å². The maximum absolute atomic E-state index is 13.0. The molecule has 2 rings (SSSR count). The number of allylic oxidation sites excluding steroid dienone is 18. The standard InChI is InChI=1S/C59H96O14/c1-3-5-7-9-11-13-15-17-19-20-21-22-23-24-25-26-27-28-29-30-32-34-36-38-40-42-51(61)71-48(45-68-43-41-39-37-35-33-31-18-16-14-12-10-8-6-4-2)46-69-58-57(67)55(65)53(63)50(73-58)47-70-59-56(66)54(64)52(62)49(44-60)72-59/h5,7-8,10-11,13-14,16-17,19,21-22,24-25,27-28,30,32,48-50,52-60,62-67H,3-4,6,9,12,15,18,20,23,26,29,31,33-47H2,1-2H3/b7-5-,10-8-,13-11-,16-14-,19-17-,22-21-,25-24-,28-27-,32-30-. The molecule has 2 saturated heterocycles. The molecule has 7 N–H and O–H groups in total. The smallest absolute Gasteiger partial charge is 0.306 e. The molecule has 2 heterocycles. The SMILES string of the molecule is CC/C=C\C/C=C\C/C=C\C/C=C\C/C=C\C/C=C\C/C=C\CCCCCC(=O)OC(COCCCCCCCC/C=C\C/C=C\CCC)COC1OC(COC2OC(CO)C(O)C(O)C2O)C(O)C(O)C1O. The van der Waals surface area contributed by atoms with Crippen molar-refractivity contribution < 1.29 is 69.0 Å². The van der Waals surface area contributed by atoms with Gasteiger partial charge >= 0.3 is 5.97 Å². The fourth-order valence-electron chi connectivity index (χ4n) is 7.83. The fourth-order valence-corrected chi connectivity index (χ4v) is 7.83. The monoisotopic (exact) mass is 1030 g/mol. The Morgan fingerprint density at radius 3 is 1.40 bits per heavy atom. The van der Waals surface area contributed by atoms with E-state index < -0.39 is 86.7 Å². The number of hydrogen-bond donors (Lipinski definition) is 7. The van der Waals surface area contributed by atoms with Crippen LogP contribution in [0.25, 0.3) is 0 Å². The first-order chi connectivity index (χ1) is 35.6. The van der Waals surface area contributed by atoms with Gasteiger partial charge in [-0.3, -0.25) is 4.79 Å². The summed E-state index contributed by atoms with van der Waals surface area (Å²) in [6.45, 7) is 3.41. The summed E-state index contributed by atoms with van der Waals surface area (Å²) in [6.07, 6.45) is 44.3. The Balaban J connectivity index is 1.75. The van der Waals surface area contributed by atoms with E-state index in [1.165, 1.54) is 19.3 Å². The van der Waals surface area contributed by atoms with Crippen molar-refractivity contribution in [1.82, 2.24) is 0 Å². The van der Waals surface area contributed by atoms with Gasteiger partial charge in [-0.1, -0.05) is 162 Å². The largest absolute Gasteiger partial charge is 0.457 e. The van der Waals surface area contributed by atoms with E-state index in [4.69, 9.17) is 28.4 Å². The Morgan fingerprint density at radius 2 is 0.890 bits per heavy atom. The second-order valence-electron chi connectivity index (χ2n) is 18.7. The maximum Gasteiger partial charge on any atom is 0.306 e. The third-order valence-corrected chi connectivity index (χ3v) is 12.2. The lowest BCUT2D eigenvalue weighted by Crippen LogP contribution is -2.61. The zero-order valence-electron chi connectivity index (χ0n) is 44.3. The van der Waals surface area contributed by atoms with Crippen molar-refractivity contribution in [2.24, 2.45) is 0 Å². The van der Waals surface area contributed by atoms with Crippen LogP contribution in [-0.2, 0) is 33.2 Å². The molecule has 0 saturated carbocycles. The topological polar surface area (TPSA) is 214 Å². The molecule has 2 fully saturated rings. The summed E-state index contributed by atoms with van der Waals surface area (Å²) < 4.78 is 34.3. The molecule has 14 nitrogen and oxygen atoms in total. The predicted molar refractivity (Wildman–Crippen MR) is 288 cm³/mol. The van der Waals surface area contributed by atoms with Crippen molar-refractivity contribution >= 4 is 5.97 Å². The van der Waals surface area contributed by atoms with Crippen molar-refractivity contribution in [2.75, 3.05) is 33.0 Å². The first kappa shape index (κ1) is 65.8. The second-order valence-corrected chi connectivity index (χ2v) is 18.7. The Hall–Kier alpha value is -3.35. The highest BCUT2D eigenvalue weighted by Gasteiger charge is 2.47. The summed E-state index contributed by atoms with van der Waals surface area (Å²) in [5.74, 6) is -0.417. The average molecular weight is 1030 g/mol. The summed E-state index contributed by atoms with van der Waals surface area (Å²) in [7, 11) is 0. The number of hydrogen-bond acceptors (Lipinski definition) is 14. The first-order valence-corrected chi connectivity index (χ1v) is 27.5. The predicted octanol–water partition coefficient (Wildman–Crippen LogP) is 9.18. The van der Waals surface area contributed by atoms with Crippen molar-refractivity contribution in [3.05, 3.63) is 109 Å². The molecule has 0 amide bonds. The Labute approximate surface area is 438 Å². The summed E-state index contributed by atoms with van der Waals surface area (Å²) in [5, 5.41) is 72.2. The van der Waals surface area contributed by atoms with Gasteiger partial charge in [-0.2, -0.15) is 0 Å². The molecule has 0 radical (unpaired) electrons. The minimum Gasteiger partial charge on any atom is -0.457 e. The van der Waals surface area contributed by atoms with Crippen LogP contribution in [0.5, 0.6) is 0 Å². The zero-order valence-corrected chi connectivity index (χ0v) is 44.3. The summed E-state index contributed by atoms with van der Waals surface area (Å²) in [5.41, 5.74) is 0. The average Bonchev–Trinajstić information content (AvgIpc) is 3.39. The van der Waals surface area contributed by atoms with Crippen molar-refractivity contribution in [3.8, 4) is 0 Å².